The van der Waals surface area contributed by atoms with Gasteiger partial charge in [0.05, 0.1) is 0 Å². The van der Waals surface area contributed by atoms with E-state index in [1.165, 1.54) is 71.1 Å². The molecule has 0 rings (SSSR count). The number of hydrogen-bond acceptors (Lipinski definition) is 3. The van der Waals surface area contributed by atoms with E-state index in [-0.39, 0.29) is 17.9 Å². The van der Waals surface area contributed by atoms with Crippen LogP contribution in [0.25, 0.3) is 0 Å². The maximum atomic E-state index is 11.4. The summed E-state index contributed by atoms with van der Waals surface area (Å²) in [5, 5.41) is 0. The number of ether oxygens (including phenoxy) is 1. The minimum Gasteiger partial charge on any atom is -0.463 e. The molecular formula is C21H40O3. The summed E-state index contributed by atoms with van der Waals surface area (Å²) in [4.78, 5) is 22.6. The Kier molecular flexibility index (Phi) is 16.4. The van der Waals surface area contributed by atoms with Crippen molar-refractivity contribution < 1.29 is 14.3 Å². The fraction of sp³-hybridized carbons (Fsp3) is 0.905. The Morgan fingerprint density at radius 2 is 1.25 bits per heavy atom. The maximum absolute atomic E-state index is 11.4. The van der Waals surface area contributed by atoms with Gasteiger partial charge < -0.3 is 4.74 Å². The number of carbonyl (C=O) groups is 2. The zero-order valence-corrected chi connectivity index (χ0v) is 16.4. The molecule has 0 fully saturated rings. The molecule has 0 N–H and O–H groups in total. The number of unbranched alkanes of at least 4 members (excludes halogenated alkanes) is 10. The Labute approximate surface area is 149 Å². The van der Waals surface area contributed by atoms with Gasteiger partial charge in [0, 0.05) is 19.8 Å². The van der Waals surface area contributed by atoms with E-state index >= 15 is 0 Å². The van der Waals surface area contributed by atoms with Gasteiger partial charge in [-0.3, -0.25) is 9.59 Å². The SMILES string of the molecule is CCCCCCCCCCCCCC(CCC(=O)CC)OC(C)=O. The lowest BCUT2D eigenvalue weighted by Crippen LogP contribution is -2.17. The van der Waals surface area contributed by atoms with E-state index in [2.05, 4.69) is 6.92 Å². The Morgan fingerprint density at radius 3 is 1.71 bits per heavy atom. The first-order chi connectivity index (χ1) is 11.6. The quantitative estimate of drug-likeness (QED) is 0.228. The topological polar surface area (TPSA) is 43.4 Å². The third-order valence-corrected chi connectivity index (χ3v) is 4.60. The van der Waals surface area contributed by atoms with Crippen molar-refractivity contribution in [2.75, 3.05) is 0 Å². The number of hydrogen-bond donors (Lipinski definition) is 0. The summed E-state index contributed by atoms with van der Waals surface area (Å²) in [5.41, 5.74) is 0. The molecule has 0 heterocycles. The minimum atomic E-state index is -0.230. The smallest absolute Gasteiger partial charge is 0.302 e. The molecule has 3 heteroatoms. The van der Waals surface area contributed by atoms with E-state index in [0.29, 0.717) is 19.3 Å². The van der Waals surface area contributed by atoms with Crippen molar-refractivity contribution in [1.82, 2.24) is 0 Å². The highest BCUT2D eigenvalue weighted by Gasteiger charge is 2.13. The fourth-order valence-electron chi connectivity index (χ4n) is 3.03. The van der Waals surface area contributed by atoms with Crippen molar-refractivity contribution in [1.29, 1.82) is 0 Å². The zero-order chi connectivity index (χ0) is 18.0. The number of ketones is 1. The first-order valence-corrected chi connectivity index (χ1v) is 10.3. The Bertz CT molecular complexity index is 312. The van der Waals surface area contributed by atoms with Gasteiger partial charge in [-0.05, 0) is 19.3 Å². The average molecular weight is 341 g/mol. The summed E-state index contributed by atoms with van der Waals surface area (Å²) in [6, 6.07) is 0. The molecule has 0 radical (unpaired) electrons. The van der Waals surface area contributed by atoms with Crippen molar-refractivity contribution in [3.05, 3.63) is 0 Å². The van der Waals surface area contributed by atoms with Crippen LogP contribution in [-0.4, -0.2) is 17.9 Å². The first kappa shape index (κ1) is 23.1. The molecule has 1 unspecified atom stereocenters. The third kappa shape index (κ3) is 16.0. The van der Waals surface area contributed by atoms with Crippen LogP contribution in [0.1, 0.15) is 117 Å². The van der Waals surface area contributed by atoms with E-state index in [0.717, 1.165) is 12.8 Å². The summed E-state index contributed by atoms with van der Waals surface area (Å²) in [5.74, 6) is 0.0260. The van der Waals surface area contributed by atoms with Crippen molar-refractivity contribution in [2.24, 2.45) is 0 Å². The Morgan fingerprint density at radius 1 is 0.750 bits per heavy atom. The van der Waals surface area contributed by atoms with Gasteiger partial charge in [0.25, 0.3) is 0 Å². The molecule has 0 aromatic heterocycles. The molecule has 0 saturated carbocycles. The van der Waals surface area contributed by atoms with Crippen LogP contribution in [-0.2, 0) is 14.3 Å². The molecule has 0 aliphatic rings. The summed E-state index contributed by atoms with van der Waals surface area (Å²) in [6.45, 7) is 5.59. The summed E-state index contributed by atoms with van der Waals surface area (Å²) in [7, 11) is 0. The summed E-state index contributed by atoms with van der Waals surface area (Å²) < 4.78 is 5.35. The predicted octanol–water partition coefficient (Wildman–Crippen LogP) is 6.38. The van der Waals surface area contributed by atoms with Crippen LogP contribution in [0.3, 0.4) is 0 Å². The van der Waals surface area contributed by atoms with Gasteiger partial charge in [-0.15, -0.1) is 0 Å². The molecule has 0 bridgehead atoms. The van der Waals surface area contributed by atoms with Gasteiger partial charge in [-0.25, -0.2) is 0 Å². The number of carbonyl (C=O) groups excluding carboxylic acids is 2. The second-order valence-electron chi connectivity index (χ2n) is 6.99. The molecule has 0 aromatic carbocycles. The van der Waals surface area contributed by atoms with Gasteiger partial charge in [-0.1, -0.05) is 78.1 Å². The molecule has 1 atom stereocenters. The van der Waals surface area contributed by atoms with Crippen LogP contribution < -0.4 is 0 Å². The molecule has 0 spiro atoms. The summed E-state index contributed by atoms with van der Waals surface area (Å²) in [6.07, 6.45) is 17.1. The summed E-state index contributed by atoms with van der Waals surface area (Å²) >= 11 is 0. The maximum Gasteiger partial charge on any atom is 0.302 e. The van der Waals surface area contributed by atoms with E-state index in [4.69, 9.17) is 4.74 Å². The number of Topliss-reactive ketones (excluding diaryl/α,β-unsaturated/α-hetero) is 1. The second kappa shape index (κ2) is 17.0. The minimum absolute atomic E-state index is 0.0726. The van der Waals surface area contributed by atoms with Crippen LogP contribution in [0.4, 0.5) is 0 Å². The average Bonchev–Trinajstić information content (AvgIpc) is 2.56. The highest BCUT2D eigenvalue weighted by molar-refractivity contribution is 5.78. The highest BCUT2D eigenvalue weighted by atomic mass is 16.5. The van der Waals surface area contributed by atoms with Gasteiger partial charge in [0.15, 0.2) is 0 Å². The molecule has 3 nitrogen and oxygen atoms in total. The Hall–Kier alpha value is -0.860. The monoisotopic (exact) mass is 340 g/mol. The van der Waals surface area contributed by atoms with Crippen LogP contribution in [0.2, 0.25) is 0 Å². The molecule has 0 aromatic rings. The number of rotatable bonds is 17. The molecule has 0 aliphatic carbocycles. The standard InChI is InChI=1S/C21H40O3/c1-4-6-7-8-9-10-11-12-13-14-15-16-21(24-19(3)22)18-17-20(23)5-2/h21H,4-18H2,1-3H3. The molecule has 0 saturated heterocycles. The van der Waals surface area contributed by atoms with Gasteiger partial charge >= 0.3 is 5.97 Å². The van der Waals surface area contributed by atoms with Crippen LogP contribution >= 0.6 is 0 Å². The first-order valence-electron chi connectivity index (χ1n) is 10.3. The lowest BCUT2D eigenvalue weighted by atomic mass is 10.0. The predicted molar refractivity (Wildman–Crippen MR) is 101 cm³/mol. The van der Waals surface area contributed by atoms with E-state index in [9.17, 15) is 9.59 Å². The van der Waals surface area contributed by atoms with Crippen LogP contribution in [0.5, 0.6) is 0 Å². The van der Waals surface area contributed by atoms with E-state index in [1.54, 1.807) is 0 Å². The number of esters is 1. The van der Waals surface area contributed by atoms with Crippen molar-refractivity contribution in [2.45, 2.75) is 123 Å². The largest absolute Gasteiger partial charge is 0.463 e. The fourth-order valence-corrected chi connectivity index (χ4v) is 3.03. The zero-order valence-electron chi connectivity index (χ0n) is 16.4. The lowest BCUT2D eigenvalue weighted by Gasteiger charge is -2.16. The molecule has 0 amide bonds. The normalized spacial score (nSPS) is 12.1. The Balaban J connectivity index is 3.58. The molecule has 142 valence electrons. The lowest BCUT2D eigenvalue weighted by molar-refractivity contribution is -0.147. The van der Waals surface area contributed by atoms with Gasteiger partial charge in [0.2, 0.25) is 0 Å². The van der Waals surface area contributed by atoms with Crippen LogP contribution in [0, 0.1) is 0 Å². The third-order valence-electron chi connectivity index (χ3n) is 4.60. The molecule has 24 heavy (non-hydrogen) atoms. The molecule has 0 aliphatic heterocycles. The van der Waals surface area contributed by atoms with E-state index in [1.807, 2.05) is 6.92 Å². The van der Waals surface area contributed by atoms with Crippen LogP contribution in [0.15, 0.2) is 0 Å². The van der Waals surface area contributed by atoms with Gasteiger partial charge in [-0.2, -0.15) is 0 Å². The highest BCUT2D eigenvalue weighted by Crippen LogP contribution is 2.16. The van der Waals surface area contributed by atoms with Crippen molar-refractivity contribution >= 4 is 11.8 Å². The van der Waals surface area contributed by atoms with Crippen molar-refractivity contribution in [3.8, 4) is 0 Å². The molecular weight excluding hydrogens is 300 g/mol. The van der Waals surface area contributed by atoms with E-state index < -0.39 is 0 Å². The van der Waals surface area contributed by atoms with Crippen molar-refractivity contribution in [3.63, 3.8) is 0 Å². The second-order valence-corrected chi connectivity index (χ2v) is 6.99. The van der Waals surface area contributed by atoms with Gasteiger partial charge in [0.1, 0.15) is 11.9 Å².